The first-order valence-corrected chi connectivity index (χ1v) is 10.5. The second-order valence-electron chi connectivity index (χ2n) is 5.81. The van der Waals surface area contributed by atoms with Crippen molar-refractivity contribution in [2.24, 2.45) is 7.05 Å². The zero-order valence-corrected chi connectivity index (χ0v) is 17.1. The van der Waals surface area contributed by atoms with Gasteiger partial charge in [-0.3, -0.25) is 9.48 Å². The Morgan fingerprint density at radius 2 is 1.74 bits per heavy atom. The fraction of sp³-hybridized carbons (Fsp3) is 0.111. The van der Waals surface area contributed by atoms with E-state index in [1.165, 1.54) is 28.9 Å². The van der Waals surface area contributed by atoms with E-state index in [2.05, 4.69) is 5.10 Å². The van der Waals surface area contributed by atoms with Gasteiger partial charge in [0, 0.05) is 22.7 Å². The molecule has 5 nitrogen and oxygen atoms in total. The van der Waals surface area contributed by atoms with E-state index in [0.717, 1.165) is 5.56 Å². The van der Waals surface area contributed by atoms with Crippen LogP contribution >= 0.6 is 34.8 Å². The largest absolute Gasteiger partial charge is 0.291 e. The SMILES string of the molecule is Cn1nc(C(=O)CS(=O)(=O)c2cc(Cl)ccc2Cl)cc1-c1cccc(Cl)c1. The quantitative estimate of drug-likeness (QED) is 0.536. The maximum absolute atomic E-state index is 12.6. The molecule has 1 heterocycles. The van der Waals surface area contributed by atoms with Crippen LogP contribution in [0.1, 0.15) is 10.5 Å². The van der Waals surface area contributed by atoms with Gasteiger partial charge < -0.3 is 0 Å². The van der Waals surface area contributed by atoms with Crippen molar-refractivity contribution in [3.63, 3.8) is 0 Å². The van der Waals surface area contributed by atoms with E-state index in [9.17, 15) is 13.2 Å². The zero-order valence-electron chi connectivity index (χ0n) is 14.0. The van der Waals surface area contributed by atoms with Crippen LogP contribution in [0.15, 0.2) is 53.4 Å². The monoisotopic (exact) mass is 442 g/mol. The average Bonchev–Trinajstić information content (AvgIpc) is 2.98. The molecule has 2 aromatic carbocycles. The van der Waals surface area contributed by atoms with Gasteiger partial charge in [-0.15, -0.1) is 0 Å². The Labute approximate surface area is 171 Å². The highest BCUT2D eigenvalue weighted by atomic mass is 35.5. The van der Waals surface area contributed by atoms with Crippen LogP contribution in [0.4, 0.5) is 0 Å². The number of ketones is 1. The third-order valence-electron chi connectivity index (χ3n) is 3.84. The molecule has 9 heteroatoms. The number of aromatic nitrogens is 2. The molecule has 0 saturated carbocycles. The lowest BCUT2D eigenvalue weighted by molar-refractivity contribution is 0.101. The Bertz CT molecular complexity index is 1140. The second-order valence-corrected chi connectivity index (χ2v) is 9.04. The number of aryl methyl sites for hydroxylation is 1. The van der Waals surface area contributed by atoms with Crippen molar-refractivity contribution in [3.8, 4) is 11.3 Å². The fourth-order valence-electron chi connectivity index (χ4n) is 2.56. The van der Waals surface area contributed by atoms with Crippen LogP contribution in [-0.2, 0) is 16.9 Å². The number of sulfone groups is 1. The number of nitrogens with zero attached hydrogens (tertiary/aromatic N) is 2. The van der Waals surface area contributed by atoms with Crippen molar-refractivity contribution >= 4 is 50.4 Å². The molecule has 0 bridgehead atoms. The molecule has 0 aliphatic rings. The van der Waals surface area contributed by atoms with Gasteiger partial charge in [0.05, 0.1) is 15.6 Å². The molecule has 3 aromatic rings. The lowest BCUT2D eigenvalue weighted by Crippen LogP contribution is -2.17. The van der Waals surface area contributed by atoms with Crippen LogP contribution < -0.4 is 0 Å². The van der Waals surface area contributed by atoms with Gasteiger partial charge in [-0.05, 0) is 36.4 Å². The number of benzene rings is 2. The van der Waals surface area contributed by atoms with E-state index in [-0.39, 0.29) is 20.6 Å². The van der Waals surface area contributed by atoms with E-state index in [1.54, 1.807) is 25.2 Å². The first kappa shape index (κ1) is 19.9. The molecule has 0 amide bonds. The molecule has 0 aliphatic heterocycles. The summed E-state index contributed by atoms with van der Waals surface area (Å²) >= 11 is 17.8. The predicted octanol–water partition coefficient (Wildman–Crippen LogP) is 4.70. The zero-order chi connectivity index (χ0) is 19.8. The van der Waals surface area contributed by atoms with E-state index in [0.29, 0.717) is 10.7 Å². The maximum atomic E-state index is 12.6. The highest BCUT2D eigenvalue weighted by Gasteiger charge is 2.25. The molecule has 0 aliphatic carbocycles. The van der Waals surface area contributed by atoms with Crippen molar-refractivity contribution in [1.29, 1.82) is 0 Å². The summed E-state index contributed by atoms with van der Waals surface area (Å²) in [4.78, 5) is 12.4. The summed E-state index contributed by atoms with van der Waals surface area (Å²) in [7, 11) is -2.31. The van der Waals surface area contributed by atoms with Crippen LogP contribution in [0.25, 0.3) is 11.3 Å². The summed E-state index contributed by atoms with van der Waals surface area (Å²) in [6.07, 6.45) is 0. The van der Waals surface area contributed by atoms with Crippen molar-refractivity contribution < 1.29 is 13.2 Å². The number of halogens is 3. The van der Waals surface area contributed by atoms with Crippen molar-refractivity contribution in [1.82, 2.24) is 9.78 Å². The van der Waals surface area contributed by atoms with E-state index >= 15 is 0 Å². The molecule has 0 unspecified atom stereocenters. The Hall–Kier alpha value is -1.86. The maximum Gasteiger partial charge on any atom is 0.198 e. The Morgan fingerprint density at radius 1 is 1.04 bits per heavy atom. The van der Waals surface area contributed by atoms with Gasteiger partial charge in [-0.2, -0.15) is 5.10 Å². The van der Waals surface area contributed by atoms with E-state index in [1.807, 2.05) is 6.07 Å². The molecule has 0 fully saturated rings. The molecular formula is C18H13Cl3N2O3S. The molecule has 3 rings (SSSR count). The molecule has 27 heavy (non-hydrogen) atoms. The van der Waals surface area contributed by atoms with Crippen LogP contribution in [0.3, 0.4) is 0 Å². The van der Waals surface area contributed by atoms with Crippen LogP contribution in [-0.4, -0.2) is 29.7 Å². The third kappa shape index (κ3) is 4.35. The summed E-state index contributed by atoms with van der Waals surface area (Å²) in [5.74, 6) is -1.41. The van der Waals surface area contributed by atoms with Crippen molar-refractivity contribution in [2.45, 2.75) is 4.90 Å². The molecule has 140 valence electrons. The van der Waals surface area contributed by atoms with Gasteiger partial charge in [0.2, 0.25) is 0 Å². The summed E-state index contributed by atoms with van der Waals surface area (Å²) in [5.41, 5.74) is 1.44. The Kier molecular flexibility index (Phi) is 5.63. The molecule has 0 spiro atoms. The van der Waals surface area contributed by atoms with Crippen LogP contribution in [0.5, 0.6) is 0 Å². The highest BCUT2D eigenvalue weighted by Crippen LogP contribution is 2.27. The number of Topliss-reactive ketones (excluding diaryl/α,β-unsaturated/α-hetero) is 1. The van der Waals surface area contributed by atoms with Crippen molar-refractivity contribution in [2.75, 3.05) is 5.75 Å². The number of hydrogen-bond donors (Lipinski definition) is 0. The molecule has 0 radical (unpaired) electrons. The minimum Gasteiger partial charge on any atom is -0.291 e. The first-order chi connectivity index (χ1) is 12.7. The average molecular weight is 444 g/mol. The Balaban J connectivity index is 1.91. The van der Waals surface area contributed by atoms with Gasteiger partial charge in [0.15, 0.2) is 15.6 Å². The smallest absolute Gasteiger partial charge is 0.198 e. The summed E-state index contributed by atoms with van der Waals surface area (Å²) < 4.78 is 26.7. The van der Waals surface area contributed by atoms with E-state index in [4.69, 9.17) is 34.8 Å². The van der Waals surface area contributed by atoms with Gasteiger partial charge in [0.25, 0.3) is 0 Å². The molecule has 1 aromatic heterocycles. The van der Waals surface area contributed by atoms with Crippen LogP contribution in [0.2, 0.25) is 15.1 Å². The van der Waals surface area contributed by atoms with Crippen molar-refractivity contribution in [3.05, 3.63) is 69.3 Å². The molecule has 0 saturated heterocycles. The minimum absolute atomic E-state index is 0.00726. The lowest BCUT2D eigenvalue weighted by atomic mass is 10.1. The standard InChI is InChI=1S/C18H13Cl3N2O3S/c1-23-16(11-3-2-4-12(19)7-11)9-15(22-23)17(24)10-27(25,26)18-8-13(20)5-6-14(18)21/h2-9H,10H2,1H3. The fourth-order valence-corrected chi connectivity index (χ4v) is 4.78. The number of rotatable bonds is 5. The Morgan fingerprint density at radius 3 is 2.44 bits per heavy atom. The lowest BCUT2D eigenvalue weighted by Gasteiger charge is -2.05. The van der Waals surface area contributed by atoms with Gasteiger partial charge in [-0.25, -0.2) is 8.42 Å². The minimum atomic E-state index is -3.97. The molecule has 0 atom stereocenters. The first-order valence-electron chi connectivity index (χ1n) is 7.68. The third-order valence-corrected chi connectivity index (χ3v) is 6.40. The van der Waals surface area contributed by atoms with Crippen LogP contribution in [0, 0.1) is 0 Å². The summed E-state index contributed by atoms with van der Waals surface area (Å²) in [6, 6.07) is 12.7. The van der Waals surface area contributed by atoms with Gasteiger partial charge >= 0.3 is 0 Å². The molecule has 0 N–H and O–H groups in total. The number of carbonyl (C=O) groups excluding carboxylic acids is 1. The number of hydrogen-bond acceptors (Lipinski definition) is 4. The highest BCUT2D eigenvalue weighted by molar-refractivity contribution is 7.92. The topological polar surface area (TPSA) is 69.0 Å². The summed E-state index contributed by atoms with van der Waals surface area (Å²) in [5, 5.41) is 4.90. The summed E-state index contributed by atoms with van der Waals surface area (Å²) in [6.45, 7) is 0. The molecular weight excluding hydrogens is 431 g/mol. The predicted molar refractivity (Wildman–Crippen MR) is 106 cm³/mol. The second kappa shape index (κ2) is 7.64. The van der Waals surface area contributed by atoms with Gasteiger partial charge in [-0.1, -0.05) is 46.9 Å². The normalized spacial score (nSPS) is 11.6. The van der Waals surface area contributed by atoms with Gasteiger partial charge in [0.1, 0.15) is 11.4 Å². The van der Waals surface area contributed by atoms with E-state index < -0.39 is 21.4 Å². The number of carbonyl (C=O) groups is 1.